The number of thiazole rings is 1. The number of amides is 2. The van der Waals surface area contributed by atoms with Crippen molar-refractivity contribution in [2.75, 3.05) is 11.5 Å². The number of benzene rings is 1. The zero-order valence-electron chi connectivity index (χ0n) is 12.3. The zero-order chi connectivity index (χ0) is 15.3. The summed E-state index contributed by atoms with van der Waals surface area (Å²) in [6.07, 6.45) is 0.872. The second kappa shape index (κ2) is 4.89. The normalized spacial score (nSPS) is 23.0. The van der Waals surface area contributed by atoms with Crippen LogP contribution in [0.4, 0.5) is 9.93 Å². The van der Waals surface area contributed by atoms with Crippen molar-refractivity contribution in [3.05, 3.63) is 17.7 Å². The third kappa shape index (κ3) is 1.86. The van der Waals surface area contributed by atoms with Crippen LogP contribution in [0.5, 0.6) is 5.75 Å². The van der Waals surface area contributed by atoms with Gasteiger partial charge in [0.15, 0.2) is 5.13 Å². The summed E-state index contributed by atoms with van der Waals surface area (Å²) in [5, 5.41) is 3.62. The summed E-state index contributed by atoms with van der Waals surface area (Å²) in [6.45, 7) is 4.45. The summed E-state index contributed by atoms with van der Waals surface area (Å²) in [4.78, 5) is 18.7. The van der Waals surface area contributed by atoms with Gasteiger partial charge in [-0.25, -0.2) is 9.78 Å². The van der Waals surface area contributed by atoms with E-state index in [1.807, 2.05) is 19.1 Å². The van der Waals surface area contributed by atoms with E-state index in [2.05, 4.69) is 17.2 Å². The molecule has 4 rings (SSSR count). The lowest BCUT2D eigenvalue weighted by Gasteiger charge is -2.17. The first-order valence-corrected chi connectivity index (χ1v) is 8.08. The maximum Gasteiger partial charge on any atom is 0.325 e. The number of carbonyl (C=O) groups excluding carboxylic acids is 1. The molecule has 1 fully saturated rings. The number of anilines is 1. The minimum absolute atomic E-state index is 0.0130. The van der Waals surface area contributed by atoms with Gasteiger partial charge in [0.2, 0.25) is 0 Å². The second-order valence-electron chi connectivity index (χ2n) is 5.43. The van der Waals surface area contributed by atoms with Gasteiger partial charge in [0, 0.05) is 12.0 Å². The Kier molecular flexibility index (Phi) is 2.98. The Labute approximate surface area is 132 Å². The van der Waals surface area contributed by atoms with E-state index < -0.39 is 0 Å². The molecule has 1 aromatic heterocycles. The maximum atomic E-state index is 12.3. The molecule has 0 bridgehead atoms. The highest BCUT2D eigenvalue weighted by atomic mass is 32.1. The first kappa shape index (κ1) is 13.4. The quantitative estimate of drug-likeness (QED) is 0.823. The minimum Gasteiger partial charge on any atom is -0.493 e. The zero-order valence-corrected chi connectivity index (χ0v) is 13.2. The van der Waals surface area contributed by atoms with E-state index in [4.69, 9.17) is 9.72 Å². The number of nitrogens with one attached hydrogen (secondary N) is 1. The number of urea groups is 1. The number of aromatic nitrogens is 1. The summed E-state index contributed by atoms with van der Waals surface area (Å²) >= 11 is 1.53. The van der Waals surface area contributed by atoms with E-state index in [0.29, 0.717) is 11.7 Å². The fourth-order valence-corrected chi connectivity index (χ4v) is 4.03. The number of hydrogen-bond acceptors (Lipinski definition) is 4. The van der Waals surface area contributed by atoms with E-state index in [-0.39, 0.29) is 18.1 Å². The number of rotatable bonds is 1. The van der Waals surface area contributed by atoms with Crippen LogP contribution in [-0.2, 0) is 6.42 Å². The van der Waals surface area contributed by atoms with E-state index in [1.165, 1.54) is 11.3 Å². The molecule has 1 aromatic carbocycles. The Morgan fingerprint density at radius 2 is 2.36 bits per heavy atom. The van der Waals surface area contributed by atoms with E-state index >= 15 is 0 Å². The van der Waals surface area contributed by atoms with Crippen molar-refractivity contribution in [2.45, 2.75) is 32.4 Å². The molecule has 0 aliphatic carbocycles. The van der Waals surface area contributed by atoms with Gasteiger partial charge in [-0.1, -0.05) is 17.3 Å². The van der Waals surface area contributed by atoms with E-state index in [1.54, 1.807) is 11.8 Å². The molecule has 112 valence electrons. The van der Waals surface area contributed by atoms with E-state index in [0.717, 1.165) is 28.0 Å². The largest absolute Gasteiger partial charge is 0.493 e. The molecule has 0 radical (unpaired) electrons. The molecular weight excluding hydrogens is 298 g/mol. The lowest BCUT2D eigenvalue weighted by Crippen LogP contribution is -2.34. The Bertz CT molecular complexity index is 833. The fraction of sp³-hybridized carbons (Fsp3) is 0.375. The van der Waals surface area contributed by atoms with Gasteiger partial charge >= 0.3 is 6.03 Å². The van der Waals surface area contributed by atoms with Gasteiger partial charge in [-0.05, 0) is 26.0 Å². The molecule has 0 unspecified atom stereocenters. The average molecular weight is 313 g/mol. The van der Waals surface area contributed by atoms with Gasteiger partial charge in [0.25, 0.3) is 0 Å². The molecule has 5 nitrogen and oxygen atoms in total. The molecule has 1 N–H and O–H groups in total. The minimum atomic E-state index is -0.178. The van der Waals surface area contributed by atoms with Crippen LogP contribution in [0.1, 0.15) is 19.4 Å². The molecule has 0 saturated carbocycles. The van der Waals surface area contributed by atoms with Crippen LogP contribution < -0.4 is 15.0 Å². The van der Waals surface area contributed by atoms with Gasteiger partial charge in [-0.2, -0.15) is 0 Å². The Hall–Kier alpha value is -2.26. The topological polar surface area (TPSA) is 54.5 Å². The molecule has 2 aliphatic rings. The van der Waals surface area contributed by atoms with Crippen molar-refractivity contribution in [3.8, 4) is 17.6 Å². The van der Waals surface area contributed by atoms with Crippen LogP contribution in [0.3, 0.4) is 0 Å². The van der Waals surface area contributed by atoms with Gasteiger partial charge < -0.3 is 10.1 Å². The molecule has 3 heterocycles. The number of carbonyl (C=O) groups is 1. The van der Waals surface area contributed by atoms with Crippen LogP contribution in [0, 0.1) is 11.8 Å². The molecule has 0 spiro atoms. The Balaban J connectivity index is 1.83. The molecule has 6 heteroatoms. The summed E-state index contributed by atoms with van der Waals surface area (Å²) in [5.41, 5.74) is 2.09. The SMILES string of the molecule is CC#C[C@H]1[C@@H](C)NC(=O)N1c1nc2c3c(ccc2s1)OCC3. The number of ether oxygens (including phenoxy) is 1. The molecule has 1 saturated heterocycles. The second-order valence-corrected chi connectivity index (χ2v) is 6.44. The Morgan fingerprint density at radius 1 is 1.50 bits per heavy atom. The molecule has 22 heavy (non-hydrogen) atoms. The highest BCUT2D eigenvalue weighted by molar-refractivity contribution is 7.22. The molecule has 2 aliphatic heterocycles. The van der Waals surface area contributed by atoms with Crippen LogP contribution in [0.2, 0.25) is 0 Å². The van der Waals surface area contributed by atoms with Crippen molar-refractivity contribution in [1.29, 1.82) is 0 Å². The fourth-order valence-electron chi connectivity index (χ4n) is 3.00. The van der Waals surface area contributed by atoms with Crippen molar-refractivity contribution < 1.29 is 9.53 Å². The standard InChI is InChI=1S/C16H15N3O2S/c1-3-4-11-9(2)17-15(20)19(11)16-18-14-10-7-8-21-12(10)5-6-13(14)22-16/h5-6,9,11H,7-8H2,1-2H3,(H,17,20)/t9-,11+/m1/s1. The van der Waals surface area contributed by atoms with E-state index in [9.17, 15) is 4.79 Å². The summed E-state index contributed by atoms with van der Waals surface area (Å²) < 4.78 is 6.67. The smallest absolute Gasteiger partial charge is 0.325 e. The third-order valence-corrected chi connectivity index (χ3v) is 5.06. The number of nitrogens with zero attached hydrogens (tertiary/aromatic N) is 2. The highest BCUT2D eigenvalue weighted by Gasteiger charge is 2.38. The third-order valence-electron chi connectivity index (χ3n) is 4.04. The van der Waals surface area contributed by atoms with Crippen molar-refractivity contribution in [3.63, 3.8) is 0 Å². The van der Waals surface area contributed by atoms with Gasteiger partial charge in [0.05, 0.1) is 22.9 Å². The first-order chi connectivity index (χ1) is 10.7. The van der Waals surface area contributed by atoms with Crippen molar-refractivity contribution in [1.82, 2.24) is 10.3 Å². The molecule has 2 amide bonds. The van der Waals surface area contributed by atoms with Crippen LogP contribution in [0.25, 0.3) is 10.2 Å². The monoisotopic (exact) mass is 313 g/mol. The van der Waals surface area contributed by atoms with Gasteiger partial charge in [0.1, 0.15) is 11.8 Å². The average Bonchev–Trinajstić information content (AvgIpc) is 3.16. The van der Waals surface area contributed by atoms with Gasteiger partial charge in [-0.15, -0.1) is 5.92 Å². The lowest BCUT2D eigenvalue weighted by atomic mass is 10.1. The van der Waals surface area contributed by atoms with Crippen LogP contribution in [-0.4, -0.2) is 29.7 Å². The first-order valence-electron chi connectivity index (χ1n) is 7.26. The highest BCUT2D eigenvalue weighted by Crippen LogP contribution is 2.38. The van der Waals surface area contributed by atoms with Crippen molar-refractivity contribution >= 4 is 32.7 Å². The summed E-state index contributed by atoms with van der Waals surface area (Å²) in [6, 6.07) is 3.68. The Morgan fingerprint density at radius 3 is 3.18 bits per heavy atom. The number of hydrogen-bond donors (Lipinski definition) is 1. The lowest BCUT2D eigenvalue weighted by molar-refractivity contribution is 0.251. The maximum absolute atomic E-state index is 12.3. The molecule has 2 atom stereocenters. The van der Waals surface area contributed by atoms with Crippen molar-refractivity contribution in [2.24, 2.45) is 0 Å². The molecule has 2 aromatic rings. The summed E-state index contributed by atoms with van der Waals surface area (Å²) in [7, 11) is 0. The van der Waals surface area contributed by atoms with Gasteiger partial charge in [-0.3, -0.25) is 4.90 Å². The van der Waals surface area contributed by atoms with Crippen LogP contribution in [0.15, 0.2) is 12.1 Å². The summed E-state index contributed by atoms with van der Waals surface area (Å²) in [5.74, 6) is 6.92. The number of fused-ring (bicyclic) bond motifs is 3. The molecular formula is C16H15N3O2S. The predicted octanol–water partition coefficient (Wildman–Crippen LogP) is 2.54. The van der Waals surface area contributed by atoms with Crippen LogP contribution >= 0.6 is 11.3 Å². The predicted molar refractivity (Wildman–Crippen MR) is 86.5 cm³/mol.